The van der Waals surface area contributed by atoms with Crippen molar-refractivity contribution in [3.63, 3.8) is 0 Å². The van der Waals surface area contributed by atoms with E-state index >= 15 is 0 Å². The van der Waals surface area contributed by atoms with E-state index in [1.165, 1.54) is 5.56 Å². The van der Waals surface area contributed by atoms with Crippen molar-refractivity contribution in [1.29, 1.82) is 0 Å². The molecule has 18 heavy (non-hydrogen) atoms. The number of benzene rings is 1. The topological polar surface area (TPSA) is 54.3 Å². The summed E-state index contributed by atoms with van der Waals surface area (Å²) in [5, 5.41) is 12.0. The molecule has 0 spiro atoms. The van der Waals surface area contributed by atoms with Gasteiger partial charge in [-0.2, -0.15) is 0 Å². The molecule has 0 aliphatic heterocycles. The number of hydrogen-bond donors (Lipinski definition) is 2. The Kier molecular flexibility index (Phi) is 3.67. The smallest absolute Gasteiger partial charge is 0.335 e. The molecule has 2 N–H and O–H groups in total. The van der Waals surface area contributed by atoms with Gasteiger partial charge in [0.25, 0.3) is 0 Å². The van der Waals surface area contributed by atoms with Crippen molar-refractivity contribution in [1.82, 2.24) is 4.57 Å². The van der Waals surface area contributed by atoms with Gasteiger partial charge >= 0.3 is 5.97 Å². The average molecular weight is 244 g/mol. The maximum absolute atomic E-state index is 10.7. The zero-order chi connectivity index (χ0) is 13.0. The molecule has 0 saturated heterocycles. The Labute approximate surface area is 106 Å². The van der Waals surface area contributed by atoms with Crippen molar-refractivity contribution < 1.29 is 9.90 Å². The first kappa shape index (κ1) is 12.2. The predicted octanol–water partition coefficient (Wildman–Crippen LogP) is 2.82. The summed E-state index contributed by atoms with van der Waals surface area (Å²) in [4.78, 5) is 10.7. The third-order valence-corrected chi connectivity index (χ3v) is 2.81. The monoisotopic (exact) mass is 244 g/mol. The summed E-state index contributed by atoms with van der Waals surface area (Å²) in [5.74, 6) is -0.901. The van der Waals surface area contributed by atoms with Crippen molar-refractivity contribution in [3.8, 4) is 0 Å². The van der Waals surface area contributed by atoms with Crippen molar-refractivity contribution >= 4 is 11.7 Å². The predicted molar refractivity (Wildman–Crippen MR) is 70.8 cm³/mol. The van der Waals surface area contributed by atoms with Crippen LogP contribution in [0.4, 0.5) is 5.69 Å². The van der Waals surface area contributed by atoms with Crippen molar-refractivity contribution in [2.24, 2.45) is 0 Å². The fourth-order valence-electron chi connectivity index (χ4n) is 1.73. The second-order valence-electron chi connectivity index (χ2n) is 4.09. The Balaban J connectivity index is 1.95. The van der Waals surface area contributed by atoms with Gasteiger partial charge in [0.1, 0.15) is 0 Å². The number of aromatic nitrogens is 1. The molecule has 0 aliphatic rings. The number of rotatable bonds is 5. The van der Waals surface area contributed by atoms with Gasteiger partial charge in [0, 0.05) is 31.2 Å². The minimum Gasteiger partial charge on any atom is -0.478 e. The van der Waals surface area contributed by atoms with E-state index in [4.69, 9.17) is 5.11 Å². The molecule has 0 amide bonds. The summed E-state index contributed by atoms with van der Waals surface area (Å²) in [6, 6.07) is 8.83. The first-order valence-corrected chi connectivity index (χ1v) is 5.91. The first-order valence-electron chi connectivity index (χ1n) is 5.91. The number of aryl methyl sites for hydroxylation is 1. The van der Waals surface area contributed by atoms with Gasteiger partial charge in [0.15, 0.2) is 0 Å². The van der Waals surface area contributed by atoms with Crippen LogP contribution in [-0.4, -0.2) is 15.6 Å². The van der Waals surface area contributed by atoms with Gasteiger partial charge in [-0.05, 0) is 42.8 Å². The minimum atomic E-state index is -0.901. The Morgan fingerprint density at radius 2 is 2.00 bits per heavy atom. The minimum absolute atomic E-state index is 0.303. The number of nitrogens with zero attached hydrogens (tertiary/aromatic N) is 1. The van der Waals surface area contributed by atoms with Crippen LogP contribution >= 0.6 is 0 Å². The number of carboxylic acids is 1. The average Bonchev–Trinajstić information content (AvgIpc) is 2.85. The van der Waals surface area contributed by atoms with E-state index in [1.54, 1.807) is 24.3 Å². The number of carbonyl (C=O) groups is 1. The van der Waals surface area contributed by atoms with Crippen LogP contribution in [0.25, 0.3) is 0 Å². The summed E-state index contributed by atoms with van der Waals surface area (Å²) in [6.07, 6.45) is 4.14. The van der Waals surface area contributed by atoms with Gasteiger partial charge in [-0.25, -0.2) is 4.79 Å². The van der Waals surface area contributed by atoms with E-state index in [2.05, 4.69) is 29.1 Å². The highest BCUT2D eigenvalue weighted by Crippen LogP contribution is 2.11. The van der Waals surface area contributed by atoms with Gasteiger partial charge < -0.3 is 15.0 Å². The van der Waals surface area contributed by atoms with Crippen LogP contribution in [0.3, 0.4) is 0 Å². The maximum Gasteiger partial charge on any atom is 0.335 e. The van der Waals surface area contributed by atoms with E-state index in [9.17, 15) is 4.79 Å². The van der Waals surface area contributed by atoms with Crippen LogP contribution in [-0.2, 0) is 13.1 Å². The van der Waals surface area contributed by atoms with Gasteiger partial charge in [0.2, 0.25) is 0 Å². The molecule has 4 nitrogen and oxygen atoms in total. The summed E-state index contributed by atoms with van der Waals surface area (Å²) in [5.41, 5.74) is 2.43. The first-order chi connectivity index (χ1) is 8.69. The highest BCUT2D eigenvalue weighted by molar-refractivity contribution is 5.87. The number of hydrogen-bond acceptors (Lipinski definition) is 2. The molecule has 0 aliphatic carbocycles. The number of carboxylic acid groups (broad SMARTS) is 1. The number of aromatic carboxylic acids is 1. The summed E-state index contributed by atoms with van der Waals surface area (Å²) in [6.45, 7) is 3.80. The molecule has 0 bridgehead atoms. The maximum atomic E-state index is 10.7. The Hall–Kier alpha value is -2.23. The third kappa shape index (κ3) is 2.91. The lowest BCUT2D eigenvalue weighted by Gasteiger charge is -2.05. The van der Waals surface area contributed by atoms with Crippen molar-refractivity contribution in [3.05, 3.63) is 53.9 Å². The number of nitrogens with one attached hydrogen (secondary N) is 1. The van der Waals surface area contributed by atoms with Gasteiger partial charge in [0.05, 0.1) is 5.56 Å². The molecule has 1 aromatic heterocycles. The Bertz CT molecular complexity index is 529. The fraction of sp³-hybridized carbons (Fsp3) is 0.214. The highest BCUT2D eigenvalue weighted by Gasteiger charge is 2.01. The molecule has 0 atom stereocenters. The second kappa shape index (κ2) is 5.40. The zero-order valence-electron chi connectivity index (χ0n) is 10.3. The van der Waals surface area contributed by atoms with Crippen LogP contribution in [0, 0.1) is 0 Å². The van der Waals surface area contributed by atoms with Crippen LogP contribution in [0.1, 0.15) is 22.8 Å². The van der Waals surface area contributed by atoms with Crippen molar-refractivity contribution in [2.75, 3.05) is 5.32 Å². The molecule has 1 aromatic carbocycles. The summed E-state index contributed by atoms with van der Waals surface area (Å²) < 4.78 is 2.12. The third-order valence-electron chi connectivity index (χ3n) is 2.81. The lowest BCUT2D eigenvalue weighted by Crippen LogP contribution is -2.00. The standard InChI is InChI=1S/C14H16N2O2/c1-2-16-8-7-11(10-16)9-15-13-5-3-12(4-6-13)14(17)18/h3-8,10,15H,2,9H2,1H3,(H,17,18). The molecule has 2 rings (SSSR count). The zero-order valence-corrected chi connectivity index (χ0v) is 10.3. The molecule has 1 heterocycles. The van der Waals surface area contributed by atoms with E-state index < -0.39 is 5.97 Å². The molecule has 0 saturated carbocycles. The summed E-state index contributed by atoms with van der Waals surface area (Å²) >= 11 is 0. The SMILES string of the molecule is CCn1ccc(CNc2ccc(C(=O)O)cc2)c1. The van der Waals surface area contributed by atoms with Gasteiger partial charge in [-0.15, -0.1) is 0 Å². The molecule has 0 unspecified atom stereocenters. The summed E-state index contributed by atoms with van der Waals surface area (Å²) in [7, 11) is 0. The molecule has 0 fully saturated rings. The van der Waals surface area contributed by atoms with E-state index in [-0.39, 0.29) is 0 Å². The normalized spacial score (nSPS) is 10.3. The molecular formula is C14H16N2O2. The van der Waals surface area contributed by atoms with E-state index in [0.717, 1.165) is 18.8 Å². The molecule has 0 radical (unpaired) electrons. The largest absolute Gasteiger partial charge is 0.478 e. The molecular weight excluding hydrogens is 228 g/mol. The molecule has 4 heteroatoms. The lowest BCUT2D eigenvalue weighted by atomic mass is 10.2. The van der Waals surface area contributed by atoms with Crippen LogP contribution in [0.2, 0.25) is 0 Å². The number of anilines is 1. The second-order valence-corrected chi connectivity index (χ2v) is 4.09. The Morgan fingerprint density at radius 3 is 2.56 bits per heavy atom. The fourth-order valence-corrected chi connectivity index (χ4v) is 1.73. The highest BCUT2D eigenvalue weighted by atomic mass is 16.4. The van der Waals surface area contributed by atoms with Gasteiger partial charge in [-0.3, -0.25) is 0 Å². The quantitative estimate of drug-likeness (QED) is 0.850. The van der Waals surface area contributed by atoms with Crippen molar-refractivity contribution in [2.45, 2.75) is 20.0 Å². The van der Waals surface area contributed by atoms with E-state index in [1.807, 2.05) is 6.20 Å². The lowest BCUT2D eigenvalue weighted by molar-refractivity contribution is 0.0697. The van der Waals surface area contributed by atoms with Gasteiger partial charge in [-0.1, -0.05) is 0 Å². The van der Waals surface area contributed by atoms with Crippen LogP contribution in [0.5, 0.6) is 0 Å². The Morgan fingerprint density at radius 1 is 1.28 bits per heavy atom. The molecule has 2 aromatic rings. The van der Waals surface area contributed by atoms with Crippen LogP contribution < -0.4 is 5.32 Å². The molecule has 94 valence electrons. The van der Waals surface area contributed by atoms with E-state index in [0.29, 0.717) is 5.56 Å². The van der Waals surface area contributed by atoms with Crippen LogP contribution in [0.15, 0.2) is 42.7 Å².